The molecule has 0 fully saturated rings. The Morgan fingerprint density at radius 1 is 0.312 bits per heavy atom. The van der Waals surface area contributed by atoms with E-state index in [9.17, 15) is 43.5 Å². The number of ether oxygens (including phenoxy) is 3. The molecule has 0 radical (unpaired) electrons. The number of carbonyl (C=O) groups excluding carboxylic acids is 3. The van der Waals surface area contributed by atoms with Gasteiger partial charge in [0.25, 0.3) is 0 Å². The fourth-order valence-corrected chi connectivity index (χ4v) is 11.0. The van der Waals surface area contributed by atoms with Gasteiger partial charge in [0.2, 0.25) is 0 Å². The van der Waals surface area contributed by atoms with Gasteiger partial charge in [-0.15, -0.1) is 0 Å². The van der Waals surface area contributed by atoms with Crippen LogP contribution in [0.2, 0.25) is 0 Å². The zero-order valence-electron chi connectivity index (χ0n) is 58.1. The van der Waals surface area contributed by atoms with Gasteiger partial charge in [-0.1, -0.05) is 271 Å². The van der Waals surface area contributed by atoms with Crippen LogP contribution in [0.1, 0.15) is 290 Å². The molecule has 0 bridgehead atoms. The largest absolute Gasteiger partial charge is 0.472 e. The molecule has 0 saturated heterocycles. The van der Waals surface area contributed by atoms with Crippen molar-refractivity contribution in [3.63, 3.8) is 0 Å². The Labute approximate surface area is 564 Å². The Morgan fingerprint density at radius 2 is 0.570 bits per heavy atom. The van der Waals surface area contributed by atoms with Gasteiger partial charge in [0, 0.05) is 19.3 Å². The molecule has 0 amide bonds. The molecule has 4 N–H and O–H groups in total. The van der Waals surface area contributed by atoms with Gasteiger partial charge >= 0.3 is 33.6 Å². The summed E-state index contributed by atoms with van der Waals surface area (Å²) in [6.07, 6.45) is 77.0. The summed E-state index contributed by atoms with van der Waals surface area (Å²) >= 11 is 0. The maximum absolute atomic E-state index is 12.9. The van der Waals surface area contributed by atoms with Crippen LogP contribution in [0.25, 0.3) is 0 Å². The van der Waals surface area contributed by atoms with Crippen molar-refractivity contribution < 1.29 is 75.8 Å². The summed E-state index contributed by atoms with van der Waals surface area (Å²) in [6.45, 7) is 2.50. The average Bonchev–Trinajstić information content (AvgIpc) is 3.19. The molecule has 536 valence electrons. The van der Waals surface area contributed by atoms with Gasteiger partial charge in [0.1, 0.15) is 25.4 Å². The van der Waals surface area contributed by atoms with Crippen LogP contribution in [0.5, 0.6) is 0 Å². The first kappa shape index (κ1) is 89.2. The minimum atomic E-state index is -4.93. The zero-order valence-corrected chi connectivity index (χ0v) is 59.9. The molecule has 0 spiro atoms. The molecule has 0 saturated carbocycles. The zero-order chi connectivity index (χ0) is 68.1. The van der Waals surface area contributed by atoms with E-state index in [1.54, 1.807) is 0 Å². The maximum atomic E-state index is 12.9. The van der Waals surface area contributed by atoms with E-state index < -0.39 is 91.5 Å². The number of aliphatic hydroxyl groups excluding tert-OH is 2. The van der Waals surface area contributed by atoms with E-state index in [0.29, 0.717) is 19.3 Å². The van der Waals surface area contributed by atoms with Crippen molar-refractivity contribution in [1.82, 2.24) is 0 Å². The number of unbranched alkanes of at least 4 members (excludes halogenated alkanes) is 27. The Balaban J connectivity index is 4.66. The van der Waals surface area contributed by atoms with Crippen LogP contribution < -0.4 is 0 Å². The van der Waals surface area contributed by atoms with Gasteiger partial charge in [-0.05, 0) is 109 Å². The highest BCUT2D eigenvalue weighted by Gasteiger charge is 2.29. The Bertz CT molecular complexity index is 2130. The molecule has 0 aliphatic heterocycles. The van der Waals surface area contributed by atoms with Gasteiger partial charge in [-0.3, -0.25) is 32.5 Å². The first-order valence-corrected chi connectivity index (χ1v) is 39.2. The summed E-state index contributed by atoms with van der Waals surface area (Å²) in [7, 11) is -9.79. The highest BCUT2D eigenvalue weighted by Crippen LogP contribution is 2.45. The van der Waals surface area contributed by atoms with Crippen LogP contribution in [0.15, 0.2) is 109 Å². The highest BCUT2D eigenvalue weighted by atomic mass is 31.2. The number of allylic oxidation sites excluding steroid dienone is 18. The predicted octanol–water partition coefficient (Wildman–Crippen LogP) is 20.4. The number of hydrogen-bond acceptors (Lipinski definition) is 14. The lowest BCUT2D eigenvalue weighted by Gasteiger charge is -2.21. The van der Waals surface area contributed by atoms with E-state index in [4.69, 9.17) is 32.3 Å². The van der Waals surface area contributed by atoms with Crippen molar-refractivity contribution in [2.45, 2.75) is 309 Å². The first-order valence-electron chi connectivity index (χ1n) is 36.2. The third-order valence-electron chi connectivity index (χ3n) is 15.0. The second-order valence-corrected chi connectivity index (χ2v) is 26.9. The molecule has 0 aromatic rings. The van der Waals surface area contributed by atoms with E-state index in [-0.39, 0.29) is 19.3 Å². The summed E-state index contributed by atoms with van der Waals surface area (Å²) in [5.41, 5.74) is 0. The number of phosphoric ester groups is 2. The highest BCUT2D eigenvalue weighted by molar-refractivity contribution is 7.47. The van der Waals surface area contributed by atoms with E-state index >= 15 is 0 Å². The van der Waals surface area contributed by atoms with Crippen LogP contribution in [0, 0.1) is 0 Å². The van der Waals surface area contributed by atoms with Crippen molar-refractivity contribution in [2.75, 3.05) is 39.6 Å². The quantitative estimate of drug-likeness (QED) is 0.0146. The van der Waals surface area contributed by atoms with Crippen molar-refractivity contribution >= 4 is 33.6 Å². The average molecular weight is 1350 g/mol. The van der Waals surface area contributed by atoms with Gasteiger partial charge in [0.05, 0.1) is 26.4 Å². The Kier molecular flexibility index (Phi) is 65.4. The third kappa shape index (κ3) is 69.4. The van der Waals surface area contributed by atoms with E-state index in [0.717, 1.165) is 141 Å². The lowest BCUT2D eigenvalue weighted by Crippen LogP contribution is -2.30. The minimum absolute atomic E-state index is 0.0983. The number of esters is 3. The van der Waals surface area contributed by atoms with Crippen molar-refractivity contribution in [3.8, 4) is 0 Å². The Hall–Kier alpha value is -3.79. The van der Waals surface area contributed by atoms with E-state index in [1.807, 2.05) is 0 Å². The smallest absolute Gasteiger partial charge is 0.463 e. The van der Waals surface area contributed by atoms with Crippen LogP contribution in [-0.2, 0) is 55.8 Å². The van der Waals surface area contributed by atoms with Crippen molar-refractivity contribution in [1.29, 1.82) is 0 Å². The fourth-order valence-electron chi connectivity index (χ4n) is 9.46. The van der Waals surface area contributed by atoms with Gasteiger partial charge < -0.3 is 34.2 Å². The second-order valence-electron chi connectivity index (χ2n) is 24.0. The van der Waals surface area contributed by atoms with E-state index in [2.05, 4.69) is 130 Å². The summed E-state index contributed by atoms with van der Waals surface area (Å²) in [6, 6.07) is 0. The predicted molar refractivity (Wildman–Crippen MR) is 380 cm³/mol. The molecule has 18 heteroatoms. The summed E-state index contributed by atoms with van der Waals surface area (Å²) in [4.78, 5) is 58.5. The normalized spacial score (nSPS) is 14.8. The molecule has 0 aliphatic carbocycles. The van der Waals surface area contributed by atoms with Crippen molar-refractivity contribution in [3.05, 3.63) is 109 Å². The van der Waals surface area contributed by atoms with Gasteiger partial charge in [-0.2, -0.15) is 0 Å². The lowest BCUT2D eigenvalue weighted by atomic mass is 10.0. The second kappa shape index (κ2) is 68.2. The minimum Gasteiger partial charge on any atom is -0.463 e. The molecular formula is C75H130O16P2. The first-order chi connectivity index (χ1) is 45.2. The van der Waals surface area contributed by atoms with Gasteiger partial charge in [-0.25, -0.2) is 9.13 Å². The molecule has 0 aromatic heterocycles. The number of hydrogen-bond donors (Lipinski definition) is 4. The monoisotopic (exact) mass is 1350 g/mol. The summed E-state index contributed by atoms with van der Waals surface area (Å²) < 4.78 is 61.0. The topological polar surface area (TPSA) is 231 Å². The third-order valence-corrected chi connectivity index (χ3v) is 16.9. The molecule has 0 aliphatic rings. The SMILES string of the molecule is CC/C=C\C/C=C\C/C=C\C/C=C\C/C=C\CCCCCC(=O)OCC(COP(=O)(O)OCC(O)COP(=O)(O)OCC(O)COC(=O)CCCCCCCCC/C=C\C/C=C\C/C=C\C/C=C\CCCCC)OC(=O)CCCCCCCCCCCCCCCCC. The number of phosphoric acid groups is 2. The molecule has 0 aromatic carbocycles. The summed E-state index contributed by atoms with van der Waals surface area (Å²) in [5, 5.41) is 20.6. The van der Waals surface area contributed by atoms with Crippen LogP contribution in [0.4, 0.5) is 0 Å². The number of carbonyl (C=O) groups is 3. The number of rotatable bonds is 68. The molecule has 16 nitrogen and oxygen atoms in total. The van der Waals surface area contributed by atoms with E-state index in [1.165, 1.54) is 89.9 Å². The standard InChI is InChI=1S/C75H130O16P2/c1-4-7-10-13-16-19-22-25-28-30-32-33-34-35-37-39-41-43-46-49-52-55-58-61-73(78)85-64-70(76)65-87-92(81,82)88-66-71(77)67-89-93(83,84)90-69-72(91-75(80)63-60-57-54-51-48-45-40-27-24-21-18-15-12-9-6-3)68-86-74(79)62-59-56-53-50-47-44-42-38-36-31-29-26-23-20-17-14-11-8-5-2/h8,11,16-17,19-20,25-26,28-29,32-33,35-38,44,47,70-72,76-77H,4-7,9-10,12-15,18,21-24,27,30-31,34,39-43,45-46,48-69H2,1-3H3,(H,81,82)(H,83,84)/b11-8-,19-16-,20-17-,28-25-,29-26-,33-32-,37-35-,38-36-,47-44-. The molecule has 0 rings (SSSR count). The molecular weight excluding hydrogens is 1220 g/mol. The van der Waals surface area contributed by atoms with Gasteiger partial charge in [0.15, 0.2) is 6.10 Å². The van der Waals surface area contributed by atoms with Crippen LogP contribution in [0.3, 0.4) is 0 Å². The number of aliphatic hydroxyl groups is 2. The fraction of sp³-hybridized carbons (Fsp3) is 0.720. The lowest BCUT2D eigenvalue weighted by molar-refractivity contribution is -0.161. The van der Waals surface area contributed by atoms with Crippen molar-refractivity contribution in [2.24, 2.45) is 0 Å². The van der Waals surface area contributed by atoms with Crippen LogP contribution in [-0.4, -0.2) is 95.9 Å². The maximum Gasteiger partial charge on any atom is 0.472 e. The molecule has 0 heterocycles. The van der Waals surface area contributed by atoms with Crippen LogP contribution >= 0.6 is 15.6 Å². The molecule has 5 unspecified atom stereocenters. The Morgan fingerprint density at radius 3 is 0.935 bits per heavy atom. The molecule has 5 atom stereocenters. The summed E-state index contributed by atoms with van der Waals surface area (Å²) in [5.74, 6) is -1.62. The molecule has 93 heavy (non-hydrogen) atoms.